The fourth-order valence-electron chi connectivity index (χ4n) is 16.3. The van der Waals surface area contributed by atoms with Crippen molar-refractivity contribution >= 4 is 87.2 Å². The molecule has 15 rings (SSSR count). The van der Waals surface area contributed by atoms with Crippen molar-refractivity contribution in [1.29, 1.82) is 10.5 Å². The minimum Gasteiger partial charge on any atom is -0.306 e. The number of nitrogens with zero attached hydrogens (tertiary/aromatic N) is 6. The summed E-state index contributed by atoms with van der Waals surface area (Å²) in [6.45, 7) is 55.8. The van der Waals surface area contributed by atoms with Crippen molar-refractivity contribution in [2.24, 2.45) is 0 Å². The van der Waals surface area contributed by atoms with Crippen molar-refractivity contribution in [3.63, 3.8) is 0 Å². The fraction of sp³-hybridized carbons (Fsp3) is 0.320. The van der Waals surface area contributed by atoms with Crippen LogP contribution < -0.4 is 0 Å². The Balaban J connectivity index is 1.36. The van der Waals surface area contributed by atoms with Crippen LogP contribution >= 0.6 is 0 Å². The summed E-state index contributed by atoms with van der Waals surface area (Å²) < 4.78 is 10.5. The van der Waals surface area contributed by atoms with Gasteiger partial charge in [0, 0.05) is 54.2 Å². The monoisotopic (exact) mass is 1390 g/mol. The molecule has 0 spiro atoms. The van der Waals surface area contributed by atoms with Crippen LogP contribution in [0, 0.1) is 22.7 Å². The van der Waals surface area contributed by atoms with Gasteiger partial charge in [-0.25, -0.2) is 0 Å². The molecule has 6 nitrogen and oxygen atoms in total. The van der Waals surface area contributed by atoms with Crippen molar-refractivity contribution < 1.29 is 0 Å². The van der Waals surface area contributed by atoms with Gasteiger partial charge in [0.15, 0.2) is 0 Å². The molecule has 0 aliphatic rings. The Hall–Kier alpha value is -10.4. The highest BCUT2D eigenvalue weighted by atomic mass is 15.1. The summed E-state index contributed by atoms with van der Waals surface area (Å²) >= 11 is 0. The first kappa shape index (κ1) is 71.2. The molecule has 4 aromatic heterocycles. The number of hydrogen-bond donors (Lipinski definition) is 0. The number of rotatable bonds is 6. The first-order chi connectivity index (χ1) is 49.5. The molecule has 0 atom stereocenters. The maximum Gasteiger partial charge on any atom is 0.0991 e. The van der Waals surface area contributed by atoms with Crippen LogP contribution in [-0.2, 0) is 43.3 Å². The van der Waals surface area contributed by atoms with E-state index in [1.807, 2.05) is 24.3 Å². The van der Waals surface area contributed by atoms with Crippen LogP contribution in [0.15, 0.2) is 194 Å². The lowest BCUT2D eigenvalue weighted by atomic mass is 9.85. The SMILES string of the molecule is CC(C)(C)c1ccc2c(c1)c1cc(C(C)(C)C)ccc1n2-c1c(-c2ccc(C#N)cc2)c(-n2c3ccc(C(C)(C)C)cc3c3cc(C(C)(C)C)ccc32)c(-n2c3ccc(C(C)(C)C)cc3c3cc(C(C)(C)C)ccc32)c(-c2ccc(C#N)cc2)c1-n1c2ccc(C(C)(C)C)cc2c2cc(C(C)(C)C)ccc21. The summed E-state index contributed by atoms with van der Waals surface area (Å²) in [4.78, 5) is 0. The van der Waals surface area contributed by atoms with Gasteiger partial charge in [-0.15, -0.1) is 0 Å². The lowest BCUT2D eigenvalue weighted by Crippen LogP contribution is -2.16. The van der Waals surface area contributed by atoms with E-state index in [1.54, 1.807) is 0 Å². The molecule has 0 N–H and O–H groups in total. The first-order valence-corrected chi connectivity index (χ1v) is 38.2. The maximum atomic E-state index is 11.0. The van der Waals surface area contributed by atoms with E-state index in [0.29, 0.717) is 11.1 Å². The molecule has 0 amide bonds. The van der Waals surface area contributed by atoms with Crippen molar-refractivity contribution in [1.82, 2.24) is 18.3 Å². The second kappa shape index (κ2) is 24.1. The average Bonchev–Trinajstić information content (AvgIpc) is 1.50. The second-order valence-electron chi connectivity index (χ2n) is 38.7. The average molecular weight is 1390 g/mol. The molecule has 0 saturated heterocycles. The largest absolute Gasteiger partial charge is 0.306 e. The van der Waals surface area contributed by atoms with Gasteiger partial charge in [0.1, 0.15) is 0 Å². The van der Waals surface area contributed by atoms with Crippen LogP contribution in [0.1, 0.15) is 222 Å². The van der Waals surface area contributed by atoms with Gasteiger partial charge in [-0.3, -0.25) is 0 Å². The Morgan fingerprint density at radius 2 is 0.340 bits per heavy atom. The molecule has 6 heteroatoms. The van der Waals surface area contributed by atoms with Crippen LogP contribution in [-0.4, -0.2) is 18.3 Å². The van der Waals surface area contributed by atoms with Gasteiger partial charge >= 0.3 is 0 Å². The molecule has 0 bridgehead atoms. The summed E-state index contributed by atoms with van der Waals surface area (Å²) in [5.74, 6) is 0. The molecule has 4 heterocycles. The molecular formula is C100H104N6. The zero-order chi connectivity index (χ0) is 76.0. The topological polar surface area (TPSA) is 67.3 Å². The molecule has 106 heavy (non-hydrogen) atoms. The highest BCUT2D eigenvalue weighted by molar-refractivity contribution is 6.19. The Kier molecular flexibility index (Phi) is 16.2. The Morgan fingerprint density at radius 3 is 0.462 bits per heavy atom. The molecular weight excluding hydrogens is 1290 g/mol. The summed E-state index contributed by atoms with van der Waals surface area (Å²) in [6.07, 6.45) is 0. The van der Waals surface area contributed by atoms with E-state index >= 15 is 0 Å². The molecule has 0 unspecified atom stereocenters. The third-order valence-corrected chi connectivity index (χ3v) is 22.9. The molecule has 0 saturated carbocycles. The van der Waals surface area contributed by atoms with Crippen LogP contribution in [0.4, 0.5) is 0 Å². The Labute approximate surface area is 628 Å². The fourth-order valence-corrected chi connectivity index (χ4v) is 16.3. The van der Waals surface area contributed by atoms with Crippen LogP contribution in [0.3, 0.4) is 0 Å². The minimum atomic E-state index is -0.179. The normalized spacial score (nSPS) is 13.3. The van der Waals surface area contributed by atoms with Gasteiger partial charge in [0.2, 0.25) is 0 Å². The van der Waals surface area contributed by atoms with Crippen LogP contribution in [0.2, 0.25) is 0 Å². The predicted molar refractivity (Wildman–Crippen MR) is 454 cm³/mol. The van der Waals surface area contributed by atoms with Gasteiger partial charge in [-0.1, -0.05) is 239 Å². The summed E-state index contributed by atoms with van der Waals surface area (Å²) in [7, 11) is 0. The number of fused-ring (bicyclic) bond motifs is 12. The number of nitriles is 2. The number of hydrogen-bond acceptors (Lipinski definition) is 2. The lowest BCUT2D eigenvalue weighted by Gasteiger charge is -2.32. The van der Waals surface area contributed by atoms with E-state index < -0.39 is 0 Å². The van der Waals surface area contributed by atoms with E-state index in [0.717, 1.165) is 132 Å². The molecule has 0 aliphatic heterocycles. The molecule has 11 aromatic carbocycles. The summed E-state index contributed by atoms with van der Waals surface area (Å²) in [6, 6.07) is 80.1. The predicted octanol–water partition coefficient (Wildman–Crippen LogP) is 27.5. The quantitative estimate of drug-likeness (QED) is 0.166. The van der Waals surface area contributed by atoms with Gasteiger partial charge in [0.25, 0.3) is 0 Å². The first-order valence-electron chi connectivity index (χ1n) is 38.2. The van der Waals surface area contributed by atoms with Gasteiger partial charge in [0.05, 0.1) is 90.1 Å². The van der Waals surface area contributed by atoms with E-state index in [9.17, 15) is 10.5 Å². The van der Waals surface area contributed by atoms with Gasteiger partial charge in [-0.05, 0) is 220 Å². The standard InChI is InChI=1S/C100H104N6/c1-93(2,3)63-33-41-79-71(49-63)72-50-64(94(4,5)6)34-42-80(72)103(79)89-87(61-29-25-59(57-101)26-30-61)91(105-83-45-37-67(97(13,14)15)53-75(83)76-54-68(98(16,17)18)38-46-84(76)105)92(106-85-47-39-69(99(19,20)21)55-77(85)78-56-70(100(22,23)24)40-48-86(78)106)88(62-31-27-60(58-102)28-32-62)90(89)104-81-43-35-65(95(7,8)9)51-73(81)74-52-66(96(10,11)12)36-44-82(74)104/h25-56H,1-24H3. The highest BCUT2D eigenvalue weighted by Crippen LogP contribution is 2.56. The molecule has 0 fully saturated rings. The van der Waals surface area contributed by atoms with Crippen molar-refractivity contribution in [3.05, 3.63) is 250 Å². The van der Waals surface area contributed by atoms with Crippen molar-refractivity contribution in [2.45, 2.75) is 209 Å². The molecule has 15 aromatic rings. The zero-order valence-corrected chi connectivity index (χ0v) is 67.2. The maximum absolute atomic E-state index is 11.0. The molecule has 0 aliphatic carbocycles. The van der Waals surface area contributed by atoms with E-state index in [1.165, 1.54) is 44.5 Å². The Morgan fingerprint density at radius 1 is 0.198 bits per heavy atom. The highest BCUT2D eigenvalue weighted by Gasteiger charge is 2.38. The zero-order valence-electron chi connectivity index (χ0n) is 67.2. The van der Waals surface area contributed by atoms with Gasteiger partial charge < -0.3 is 18.3 Å². The van der Waals surface area contributed by atoms with E-state index in [-0.39, 0.29) is 43.3 Å². The van der Waals surface area contributed by atoms with E-state index in [2.05, 4.69) is 366 Å². The van der Waals surface area contributed by atoms with Crippen molar-refractivity contribution in [2.75, 3.05) is 0 Å². The third-order valence-electron chi connectivity index (χ3n) is 22.9. The second-order valence-corrected chi connectivity index (χ2v) is 38.7. The minimum absolute atomic E-state index is 0.179. The van der Waals surface area contributed by atoms with E-state index in [4.69, 9.17) is 0 Å². The van der Waals surface area contributed by atoms with Crippen LogP contribution in [0.5, 0.6) is 0 Å². The van der Waals surface area contributed by atoms with Crippen LogP contribution in [0.25, 0.3) is 132 Å². The lowest BCUT2D eigenvalue weighted by molar-refractivity contribution is 0.590. The molecule has 534 valence electrons. The number of aromatic nitrogens is 4. The number of benzene rings is 11. The van der Waals surface area contributed by atoms with Gasteiger partial charge in [-0.2, -0.15) is 10.5 Å². The summed E-state index contributed by atoms with van der Waals surface area (Å²) in [5, 5.41) is 31.4. The third kappa shape index (κ3) is 11.7. The smallest absolute Gasteiger partial charge is 0.0991 e. The van der Waals surface area contributed by atoms with Crippen molar-refractivity contribution in [3.8, 4) is 57.1 Å². The summed E-state index contributed by atoms with van der Waals surface area (Å²) in [5.41, 5.74) is 25.9. The Bertz CT molecular complexity index is 5250. The molecule has 0 radical (unpaired) electrons.